The second-order valence-corrected chi connectivity index (χ2v) is 20.9. The smallest absolute Gasteiger partial charge is 0.316 e. The number of benzene rings is 2. The summed E-state index contributed by atoms with van der Waals surface area (Å²) >= 11 is 0. The number of carbonyl (C=O) groups is 1. The first-order valence-electron chi connectivity index (χ1n) is 14.5. The monoisotopic (exact) mass is 623 g/mol. The minimum Gasteiger partial charge on any atom is -0.468 e. The van der Waals surface area contributed by atoms with Crippen molar-refractivity contribution in [1.82, 2.24) is 4.31 Å². The second-order valence-electron chi connectivity index (χ2n) is 13.2. The zero-order valence-corrected chi connectivity index (χ0v) is 27.2. The summed E-state index contributed by atoms with van der Waals surface area (Å²) in [6, 6.07) is 11.6. The fraction of sp³-hybridized carbons (Fsp3) is 0.581. The molecule has 11 heteroatoms. The van der Waals surface area contributed by atoms with Crippen molar-refractivity contribution in [2.45, 2.75) is 94.1 Å². The number of hydrogen-bond acceptors (Lipinski definition) is 6. The molecule has 2 aromatic rings. The van der Waals surface area contributed by atoms with E-state index in [2.05, 4.69) is 19.6 Å². The lowest BCUT2D eigenvalue weighted by molar-refractivity contribution is -0.201. The van der Waals surface area contributed by atoms with Crippen molar-refractivity contribution in [3.8, 4) is 0 Å². The van der Waals surface area contributed by atoms with Gasteiger partial charge in [0.25, 0.3) is 0 Å². The summed E-state index contributed by atoms with van der Waals surface area (Å²) < 4.78 is 76.4. The molecule has 42 heavy (non-hydrogen) atoms. The van der Waals surface area contributed by atoms with Gasteiger partial charge < -0.3 is 14.2 Å². The number of hydrogen-bond donors (Lipinski definition) is 0. The summed E-state index contributed by atoms with van der Waals surface area (Å²) in [5.41, 5.74) is -1.73. The van der Waals surface area contributed by atoms with Crippen molar-refractivity contribution in [3.63, 3.8) is 0 Å². The Balaban J connectivity index is 1.53. The Morgan fingerprint density at radius 2 is 1.74 bits per heavy atom. The topological polar surface area (TPSA) is 82.1 Å². The van der Waals surface area contributed by atoms with E-state index in [9.17, 15) is 13.2 Å². The van der Waals surface area contributed by atoms with Gasteiger partial charge in [0.2, 0.25) is 10.0 Å². The molecule has 2 aromatic carbocycles. The third kappa shape index (κ3) is 6.80. The van der Waals surface area contributed by atoms with Gasteiger partial charge in [0, 0.05) is 38.4 Å². The highest BCUT2D eigenvalue weighted by Gasteiger charge is 2.60. The van der Waals surface area contributed by atoms with E-state index in [0.29, 0.717) is 25.0 Å². The fourth-order valence-corrected chi connectivity index (χ4v) is 9.13. The Hall–Kier alpha value is -2.18. The number of rotatable bonds is 11. The van der Waals surface area contributed by atoms with Gasteiger partial charge >= 0.3 is 5.97 Å². The van der Waals surface area contributed by atoms with Crippen LogP contribution in [-0.4, -0.2) is 58.9 Å². The number of carbonyl (C=O) groups excluding carboxylic acids is 1. The molecule has 1 aliphatic heterocycles. The maximum absolute atomic E-state index is 15.7. The van der Waals surface area contributed by atoms with Crippen LogP contribution in [0.3, 0.4) is 0 Å². The zero-order chi connectivity index (χ0) is 30.9. The summed E-state index contributed by atoms with van der Waals surface area (Å²) in [5.74, 6) is -2.23. The average molecular weight is 624 g/mol. The Morgan fingerprint density at radius 3 is 2.36 bits per heavy atom. The highest BCUT2D eigenvalue weighted by molar-refractivity contribution is 7.89. The van der Waals surface area contributed by atoms with Crippen molar-refractivity contribution in [2.24, 2.45) is 0 Å². The molecule has 0 amide bonds. The van der Waals surface area contributed by atoms with Crippen LogP contribution in [0.5, 0.6) is 0 Å². The van der Waals surface area contributed by atoms with Crippen LogP contribution in [-0.2, 0) is 41.0 Å². The molecule has 1 saturated heterocycles. The normalized spacial score (nSPS) is 27.8. The highest BCUT2D eigenvalue weighted by Crippen LogP contribution is 2.54. The van der Waals surface area contributed by atoms with Crippen LogP contribution in [0.25, 0.3) is 0 Å². The molecular formula is C31H43F2NO6SSi. The van der Waals surface area contributed by atoms with Gasteiger partial charge in [-0.3, -0.25) is 4.79 Å². The lowest BCUT2D eigenvalue weighted by atomic mass is 9.56. The van der Waals surface area contributed by atoms with Crippen molar-refractivity contribution < 1.29 is 36.2 Å². The third-order valence-electron chi connectivity index (χ3n) is 8.59. The summed E-state index contributed by atoms with van der Waals surface area (Å²) in [7, 11) is -3.87. The van der Waals surface area contributed by atoms with Crippen molar-refractivity contribution in [3.05, 3.63) is 70.8 Å². The van der Waals surface area contributed by atoms with Crippen LogP contribution >= 0.6 is 0 Å². The summed E-state index contributed by atoms with van der Waals surface area (Å²) in [5, 5.41) is -0.753. The van der Waals surface area contributed by atoms with E-state index in [-0.39, 0.29) is 43.3 Å². The Labute approximate surface area is 249 Å². The Morgan fingerprint density at radius 1 is 1.07 bits per heavy atom. The van der Waals surface area contributed by atoms with Crippen LogP contribution in [0, 0.1) is 11.6 Å². The molecule has 2 fully saturated rings. The molecule has 0 unspecified atom stereocenters. The third-order valence-corrected chi connectivity index (χ3v) is 12.7. The molecule has 1 saturated carbocycles. The molecule has 0 bridgehead atoms. The molecule has 4 rings (SSSR count). The van der Waals surface area contributed by atoms with E-state index >= 15 is 8.78 Å². The van der Waals surface area contributed by atoms with Gasteiger partial charge in [0.1, 0.15) is 29.1 Å². The van der Waals surface area contributed by atoms with Crippen LogP contribution in [0.4, 0.5) is 8.78 Å². The standard InChI is InChI=1S/C31H43F2NO6SSi/c1-22-12-13-28(23-10-8-7-9-11-23)41(36,37)34(22)18-24-16-27(33)25(17-26(24)32)31(29(35)38-3)19-30(2,20-31)40-21-39-14-15-42(4,5)6/h7-11,16-17,22,28H,12-15,18-21H2,1-6H3/t22-,28+,30?,31?/m0/s1. The van der Waals surface area contributed by atoms with E-state index < -0.39 is 52.0 Å². The molecule has 7 nitrogen and oxygen atoms in total. The van der Waals surface area contributed by atoms with Crippen molar-refractivity contribution >= 4 is 24.1 Å². The lowest BCUT2D eigenvalue weighted by Gasteiger charge is -2.52. The van der Waals surface area contributed by atoms with Gasteiger partial charge in [-0.15, -0.1) is 0 Å². The van der Waals surface area contributed by atoms with Gasteiger partial charge in [-0.05, 0) is 63.3 Å². The number of esters is 1. The first kappa shape index (κ1) is 32.7. The molecule has 2 aliphatic rings. The summed E-state index contributed by atoms with van der Waals surface area (Å²) in [6.45, 7) is 10.6. The lowest BCUT2D eigenvalue weighted by Crippen LogP contribution is -2.59. The van der Waals surface area contributed by atoms with Gasteiger partial charge in [-0.1, -0.05) is 50.0 Å². The van der Waals surface area contributed by atoms with Gasteiger partial charge in [-0.25, -0.2) is 17.2 Å². The molecule has 0 aromatic heterocycles. The maximum Gasteiger partial charge on any atom is 0.316 e. The van der Waals surface area contributed by atoms with Crippen molar-refractivity contribution in [2.75, 3.05) is 20.5 Å². The molecule has 0 radical (unpaired) electrons. The number of nitrogens with zero attached hydrogens (tertiary/aromatic N) is 1. The van der Waals surface area contributed by atoms with E-state index in [4.69, 9.17) is 14.2 Å². The van der Waals surface area contributed by atoms with E-state index in [1.807, 2.05) is 13.0 Å². The maximum atomic E-state index is 15.7. The molecule has 232 valence electrons. The highest BCUT2D eigenvalue weighted by atomic mass is 32.2. The van der Waals surface area contributed by atoms with Crippen LogP contribution in [0.1, 0.15) is 61.5 Å². The van der Waals surface area contributed by atoms with Crippen molar-refractivity contribution in [1.29, 1.82) is 0 Å². The first-order chi connectivity index (χ1) is 19.6. The predicted octanol–water partition coefficient (Wildman–Crippen LogP) is 6.31. The second kappa shape index (κ2) is 12.4. The summed E-state index contributed by atoms with van der Waals surface area (Å²) in [4.78, 5) is 13.0. The predicted molar refractivity (Wildman–Crippen MR) is 160 cm³/mol. The van der Waals surface area contributed by atoms with E-state index in [1.165, 1.54) is 11.4 Å². The first-order valence-corrected chi connectivity index (χ1v) is 19.7. The van der Waals surface area contributed by atoms with Crippen LogP contribution < -0.4 is 0 Å². The quantitative estimate of drug-likeness (QED) is 0.126. The van der Waals surface area contributed by atoms with Gasteiger partial charge in [0.05, 0.1) is 12.7 Å². The fourth-order valence-electron chi connectivity index (χ4n) is 6.18. The molecular weight excluding hydrogens is 580 g/mol. The minimum atomic E-state index is -3.84. The SMILES string of the molecule is COC(=O)C1(c2cc(F)c(CN3[C@@H](C)CC[C@H](c4ccccc4)S3(=O)=O)cc2F)CC(C)(OCOCC[Si](C)(C)C)C1. The number of methoxy groups -OCH3 is 1. The average Bonchev–Trinajstić information content (AvgIpc) is 2.90. The van der Waals surface area contributed by atoms with E-state index in [1.54, 1.807) is 31.2 Å². The molecule has 2 atom stereocenters. The number of sulfonamides is 1. The van der Waals surface area contributed by atoms with Crippen LogP contribution in [0.15, 0.2) is 42.5 Å². The molecule has 0 spiro atoms. The Kier molecular flexibility index (Phi) is 9.69. The number of halogens is 2. The molecule has 1 aliphatic carbocycles. The largest absolute Gasteiger partial charge is 0.468 e. The van der Waals surface area contributed by atoms with Gasteiger partial charge in [-0.2, -0.15) is 4.31 Å². The van der Waals surface area contributed by atoms with Gasteiger partial charge in [0.15, 0.2) is 0 Å². The minimum absolute atomic E-state index is 0.0421. The Bertz CT molecular complexity index is 1380. The summed E-state index contributed by atoms with van der Waals surface area (Å²) in [6.07, 6.45) is 1.23. The zero-order valence-electron chi connectivity index (χ0n) is 25.4. The van der Waals surface area contributed by atoms with E-state index in [0.717, 1.165) is 18.2 Å². The number of ether oxygens (including phenoxy) is 3. The van der Waals surface area contributed by atoms with Crippen LogP contribution in [0.2, 0.25) is 25.7 Å². The molecule has 1 heterocycles. The molecule has 0 N–H and O–H groups in total.